The molecule has 3 aromatic heterocycles. The van der Waals surface area contributed by atoms with Gasteiger partial charge in [-0.1, -0.05) is 13.8 Å². The molecule has 0 radical (unpaired) electrons. The molecular formula is C21H27N5O. The molecule has 6 heteroatoms. The Labute approximate surface area is 159 Å². The van der Waals surface area contributed by atoms with Crippen molar-refractivity contribution in [2.45, 2.75) is 39.5 Å². The topological polar surface area (TPSA) is 75.6 Å². The lowest BCUT2D eigenvalue weighted by Crippen LogP contribution is -2.28. The molecule has 1 saturated carbocycles. The lowest BCUT2D eigenvalue weighted by atomic mass is 9.76. The third-order valence-corrected chi connectivity index (χ3v) is 5.94. The Morgan fingerprint density at radius 2 is 2.00 bits per heavy atom. The number of anilines is 1. The lowest BCUT2D eigenvalue weighted by Gasteiger charge is -2.30. The number of aryl methyl sites for hydroxylation is 1. The molecule has 27 heavy (non-hydrogen) atoms. The van der Waals surface area contributed by atoms with Crippen molar-refractivity contribution in [1.29, 1.82) is 0 Å². The molecule has 1 aliphatic rings. The zero-order chi connectivity index (χ0) is 19.0. The molecule has 1 aliphatic carbocycles. The number of carbonyl (C=O) groups excluding carboxylic acids is 1. The maximum Gasteiger partial charge on any atom is 0.227 e. The van der Waals surface area contributed by atoms with Gasteiger partial charge in [0.05, 0.1) is 11.4 Å². The van der Waals surface area contributed by atoms with E-state index in [-0.39, 0.29) is 11.8 Å². The Balaban J connectivity index is 1.53. The molecule has 0 unspecified atom stereocenters. The Morgan fingerprint density at radius 3 is 2.67 bits per heavy atom. The number of imidazole rings is 1. The van der Waals surface area contributed by atoms with Crippen LogP contribution in [0.25, 0.3) is 22.6 Å². The van der Waals surface area contributed by atoms with Crippen LogP contribution in [-0.2, 0) is 11.8 Å². The van der Waals surface area contributed by atoms with Gasteiger partial charge in [0.1, 0.15) is 5.65 Å². The van der Waals surface area contributed by atoms with Crippen molar-refractivity contribution in [1.82, 2.24) is 19.5 Å². The number of fused-ring (bicyclic) bond motifs is 1. The Kier molecular flexibility index (Phi) is 4.72. The molecule has 0 saturated heterocycles. The highest BCUT2D eigenvalue weighted by molar-refractivity contribution is 6.02. The van der Waals surface area contributed by atoms with Crippen LogP contribution < -0.4 is 5.32 Å². The first-order valence-electron chi connectivity index (χ1n) is 9.79. The molecule has 0 aromatic carbocycles. The van der Waals surface area contributed by atoms with Gasteiger partial charge < -0.3 is 14.9 Å². The Hall–Kier alpha value is -2.63. The van der Waals surface area contributed by atoms with Gasteiger partial charge in [0.15, 0.2) is 5.82 Å². The molecular weight excluding hydrogens is 338 g/mol. The summed E-state index contributed by atoms with van der Waals surface area (Å²) in [4.78, 5) is 24.9. The Bertz CT molecular complexity index is 947. The minimum absolute atomic E-state index is 0.108. The van der Waals surface area contributed by atoms with Gasteiger partial charge in [-0.3, -0.25) is 4.79 Å². The summed E-state index contributed by atoms with van der Waals surface area (Å²) in [7, 11) is 1.96. The molecule has 1 amide bonds. The molecule has 2 N–H and O–H groups in total. The first kappa shape index (κ1) is 17.8. The Morgan fingerprint density at radius 1 is 1.22 bits per heavy atom. The second kappa shape index (κ2) is 7.18. The molecule has 1 fully saturated rings. The smallest absolute Gasteiger partial charge is 0.227 e. The zero-order valence-electron chi connectivity index (χ0n) is 16.2. The van der Waals surface area contributed by atoms with Crippen LogP contribution in [0.5, 0.6) is 0 Å². The van der Waals surface area contributed by atoms with E-state index in [1.54, 1.807) is 12.4 Å². The fourth-order valence-corrected chi connectivity index (χ4v) is 4.16. The minimum Gasteiger partial charge on any atom is -0.337 e. The van der Waals surface area contributed by atoms with E-state index in [0.717, 1.165) is 59.8 Å². The summed E-state index contributed by atoms with van der Waals surface area (Å²) >= 11 is 0. The van der Waals surface area contributed by atoms with Crippen LogP contribution in [0.2, 0.25) is 0 Å². The molecule has 0 aliphatic heterocycles. The van der Waals surface area contributed by atoms with E-state index in [2.05, 4.69) is 34.1 Å². The number of nitrogens with one attached hydrogen (secondary N) is 2. The molecule has 142 valence electrons. The van der Waals surface area contributed by atoms with Crippen LogP contribution in [0, 0.1) is 17.8 Å². The number of aromatic nitrogens is 4. The van der Waals surface area contributed by atoms with Gasteiger partial charge >= 0.3 is 0 Å². The summed E-state index contributed by atoms with van der Waals surface area (Å²) in [5.74, 6) is 2.54. The standard InChI is InChI=1S/C21H27N5O/c1-13(2)14-4-6-15(7-5-14)21(27)25-17-8-9-22-19-16(17)12-18(24-19)20-23-10-11-26(20)3/h8-15H,4-7H2,1-3H3,(H2,22,24,25,27). The predicted molar refractivity (Wildman–Crippen MR) is 107 cm³/mol. The lowest BCUT2D eigenvalue weighted by molar-refractivity contribution is -0.121. The van der Waals surface area contributed by atoms with Crippen molar-refractivity contribution < 1.29 is 4.79 Å². The maximum atomic E-state index is 12.8. The minimum atomic E-state index is 0.108. The summed E-state index contributed by atoms with van der Waals surface area (Å²) in [6, 6.07) is 3.88. The average Bonchev–Trinajstić information content (AvgIpc) is 3.28. The van der Waals surface area contributed by atoms with Crippen LogP contribution in [0.1, 0.15) is 39.5 Å². The van der Waals surface area contributed by atoms with E-state index in [9.17, 15) is 4.79 Å². The summed E-state index contributed by atoms with van der Waals surface area (Å²) in [6.45, 7) is 4.56. The van der Waals surface area contributed by atoms with Crippen molar-refractivity contribution in [3.63, 3.8) is 0 Å². The number of pyridine rings is 1. The molecule has 0 atom stereocenters. The van der Waals surface area contributed by atoms with Crippen LogP contribution >= 0.6 is 0 Å². The van der Waals surface area contributed by atoms with E-state index in [1.807, 2.05) is 29.9 Å². The van der Waals surface area contributed by atoms with E-state index in [4.69, 9.17) is 0 Å². The van der Waals surface area contributed by atoms with Crippen molar-refractivity contribution >= 4 is 22.6 Å². The number of aromatic amines is 1. The molecule has 4 rings (SSSR count). The molecule has 0 bridgehead atoms. The third-order valence-electron chi connectivity index (χ3n) is 5.94. The van der Waals surface area contributed by atoms with Gasteiger partial charge in [0.25, 0.3) is 0 Å². The van der Waals surface area contributed by atoms with Crippen LogP contribution in [0.3, 0.4) is 0 Å². The quantitative estimate of drug-likeness (QED) is 0.721. The number of carbonyl (C=O) groups is 1. The summed E-state index contributed by atoms with van der Waals surface area (Å²) < 4.78 is 1.95. The number of nitrogens with zero attached hydrogens (tertiary/aromatic N) is 3. The highest BCUT2D eigenvalue weighted by Crippen LogP contribution is 2.34. The second-order valence-corrected chi connectivity index (χ2v) is 8.01. The van der Waals surface area contributed by atoms with Gasteiger partial charge in [-0.05, 0) is 49.7 Å². The second-order valence-electron chi connectivity index (χ2n) is 8.01. The van der Waals surface area contributed by atoms with Gasteiger partial charge in [-0.15, -0.1) is 0 Å². The predicted octanol–water partition coefficient (Wildman–Crippen LogP) is 4.36. The summed E-state index contributed by atoms with van der Waals surface area (Å²) in [6.07, 6.45) is 9.66. The van der Waals surface area contributed by atoms with Crippen molar-refractivity contribution in [2.24, 2.45) is 24.8 Å². The van der Waals surface area contributed by atoms with Gasteiger partial charge in [-0.2, -0.15) is 0 Å². The molecule has 6 nitrogen and oxygen atoms in total. The van der Waals surface area contributed by atoms with E-state index in [1.165, 1.54) is 0 Å². The van der Waals surface area contributed by atoms with Gasteiger partial charge in [-0.25, -0.2) is 9.97 Å². The highest BCUT2D eigenvalue weighted by Gasteiger charge is 2.28. The molecule has 3 aromatic rings. The van der Waals surface area contributed by atoms with Gasteiger partial charge in [0.2, 0.25) is 5.91 Å². The molecule has 0 spiro atoms. The number of H-pyrrole nitrogens is 1. The van der Waals surface area contributed by atoms with E-state index >= 15 is 0 Å². The first-order chi connectivity index (χ1) is 13.0. The number of amides is 1. The number of rotatable bonds is 4. The average molecular weight is 365 g/mol. The zero-order valence-corrected chi connectivity index (χ0v) is 16.2. The van der Waals surface area contributed by atoms with E-state index < -0.39 is 0 Å². The van der Waals surface area contributed by atoms with Crippen molar-refractivity contribution in [2.75, 3.05) is 5.32 Å². The maximum absolute atomic E-state index is 12.8. The molecule has 3 heterocycles. The van der Waals surface area contributed by atoms with Crippen LogP contribution in [0.4, 0.5) is 5.69 Å². The normalized spacial score (nSPS) is 20.3. The summed E-state index contributed by atoms with van der Waals surface area (Å²) in [5.41, 5.74) is 2.46. The van der Waals surface area contributed by atoms with Gasteiger partial charge in [0, 0.05) is 36.9 Å². The monoisotopic (exact) mass is 365 g/mol. The number of hydrogen-bond acceptors (Lipinski definition) is 3. The van der Waals surface area contributed by atoms with E-state index in [0.29, 0.717) is 5.92 Å². The largest absolute Gasteiger partial charge is 0.337 e. The van der Waals surface area contributed by atoms with Crippen LogP contribution in [-0.4, -0.2) is 25.4 Å². The number of hydrogen-bond donors (Lipinski definition) is 2. The van der Waals surface area contributed by atoms with Crippen LogP contribution in [0.15, 0.2) is 30.7 Å². The van der Waals surface area contributed by atoms with Crippen molar-refractivity contribution in [3.8, 4) is 11.5 Å². The summed E-state index contributed by atoms with van der Waals surface area (Å²) in [5, 5.41) is 4.06. The highest BCUT2D eigenvalue weighted by atomic mass is 16.1. The SMILES string of the molecule is CC(C)C1CCC(C(=O)Nc2ccnc3[nH]c(-c4nccn4C)cc23)CC1. The first-order valence-corrected chi connectivity index (χ1v) is 9.79. The fourth-order valence-electron chi connectivity index (χ4n) is 4.16. The fraction of sp³-hybridized carbons (Fsp3) is 0.476. The van der Waals surface area contributed by atoms with Crippen molar-refractivity contribution in [3.05, 3.63) is 30.7 Å². The third kappa shape index (κ3) is 3.48.